The summed E-state index contributed by atoms with van der Waals surface area (Å²) in [5.74, 6) is -0.373. The van der Waals surface area contributed by atoms with Gasteiger partial charge in [0.1, 0.15) is 5.82 Å². The number of nitrogens with zero attached hydrogens (tertiary/aromatic N) is 2. The molecule has 1 heterocycles. The summed E-state index contributed by atoms with van der Waals surface area (Å²) in [4.78, 5) is 11.9. The smallest absolute Gasteiger partial charge is 0.343 e. The molecule has 5 nitrogen and oxygen atoms in total. The van der Waals surface area contributed by atoms with Gasteiger partial charge in [-0.3, -0.25) is 4.57 Å². The quantitative estimate of drug-likeness (QED) is 0.813. The first-order valence-corrected chi connectivity index (χ1v) is 5.81. The number of nitrogens with two attached hydrogens (primary N) is 1. The van der Waals surface area contributed by atoms with Gasteiger partial charge in [-0.15, -0.1) is 5.10 Å². The van der Waals surface area contributed by atoms with Gasteiger partial charge in [-0.2, -0.15) is 0 Å². The molecule has 7 heteroatoms. The summed E-state index contributed by atoms with van der Waals surface area (Å²) in [7, 11) is 0. The fraction of sp³-hybridized carbons (Fsp3) is 0.200. The van der Waals surface area contributed by atoms with Crippen LogP contribution in [0.1, 0.15) is 6.92 Å². The van der Waals surface area contributed by atoms with Crippen molar-refractivity contribution in [2.75, 3.05) is 5.73 Å². The van der Waals surface area contributed by atoms with Crippen molar-refractivity contribution < 1.29 is 4.39 Å². The highest BCUT2D eigenvalue weighted by Crippen LogP contribution is 2.30. The molecule has 90 valence electrons. The highest BCUT2D eigenvalue weighted by molar-refractivity contribution is 7.99. The molecule has 3 N–H and O–H groups in total. The topological polar surface area (TPSA) is 76.7 Å². The van der Waals surface area contributed by atoms with Gasteiger partial charge in [0.05, 0.1) is 0 Å². The number of rotatable bonds is 3. The van der Waals surface area contributed by atoms with Crippen LogP contribution in [0, 0.1) is 5.82 Å². The Morgan fingerprint density at radius 2 is 2.35 bits per heavy atom. The summed E-state index contributed by atoms with van der Waals surface area (Å²) in [6.45, 7) is 2.32. The Bertz CT molecular complexity index is 592. The lowest BCUT2D eigenvalue weighted by Crippen LogP contribution is -2.16. The number of benzene rings is 1. The van der Waals surface area contributed by atoms with Crippen molar-refractivity contribution in [3.63, 3.8) is 0 Å². The molecule has 1 aromatic heterocycles. The van der Waals surface area contributed by atoms with Crippen LogP contribution in [0.5, 0.6) is 0 Å². The van der Waals surface area contributed by atoms with E-state index >= 15 is 0 Å². The third-order valence-electron chi connectivity index (χ3n) is 2.22. The number of H-pyrrole nitrogens is 1. The monoisotopic (exact) mass is 254 g/mol. The largest absolute Gasteiger partial charge is 0.398 e. The van der Waals surface area contributed by atoms with Crippen molar-refractivity contribution in [3.8, 4) is 0 Å². The third-order valence-corrected chi connectivity index (χ3v) is 3.28. The van der Waals surface area contributed by atoms with E-state index in [0.29, 0.717) is 22.3 Å². The van der Waals surface area contributed by atoms with E-state index < -0.39 is 0 Å². The average molecular weight is 254 g/mol. The molecule has 17 heavy (non-hydrogen) atoms. The molecule has 2 rings (SSSR count). The van der Waals surface area contributed by atoms with Crippen molar-refractivity contribution in [3.05, 3.63) is 34.5 Å². The minimum absolute atomic E-state index is 0.287. The van der Waals surface area contributed by atoms with Crippen LogP contribution in [0.4, 0.5) is 10.1 Å². The van der Waals surface area contributed by atoms with Crippen molar-refractivity contribution >= 4 is 17.4 Å². The van der Waals surface area contributed by atoms with Crippen molar-refractivity contribution in [2.45, 2.75) is 23.5 Å². The molecule has 0 spiro atoms. The third kappa shape index (κ3) is 2.33. The number of halogens is 1. The van der Waals surface area contributed by atoms with E-state index in [0.717, 1.165) is 11.8 Å². The van der Waals surface area contributed by atoms with E-state index in [4.69, 9.17) is 5.73 Å². The maximum absolute atomic E-state index is 13.1. The van der Waals surface area contributed by atoms with Crippen LogP contribution in [-0.4, -0.2) is 14.8 Å². The molecular weight excluding hydrogens is 243 g/mol. The van der Waals surface area contributed by atoms with Crippen LogP contribution >= 0.6 is 11.8 Å². The van der Waals surface area contributed by atoms with Gasteiger partial charge >= 0.3 is 5.69 Å². The molecule has 1 aromatic carbocycles. The summed E-state index contributed by atoms with van der Waals surface area (Å²) >= 11 is 1.16. The van der Waals surface area contributed by atoms with Crippen molar-refractivity contribution in [2.24, 2.45) is 0 Å². The molecule has 0 aliphatic heterocycles. The van der Waals surface area contributed by atoms with Gasteiger partial charge in [-0.25, -0.2) is 14.3 Å². The highest BCUT2D eigenvalue weighted by Gasteiger charge is 2.10. The Hall–Kier alpha value is -1.76. The summed E-state index contributed by atoms with van der Waals surface area (Å²) in [5.41, 5.74) is 5.89. The maximum Gasteiger partial charge on any atom is 0.343 e. The summed E-state index contributed by atoms with van der Waals surface area (Å²) in [6.07, 6.45) is 0. The number of anilines is 1. The van der Waals surface area contributed by atoms with E-state index in [1.165, 1.54) is 22.8 Å². The summed E-state index contributed by atoms with van der Waals surface area (Å²) in [6, 6.07) is 4.09. The standard InChI is InChI=1S/C10H11FN4OS/c1-2-15-9(16)13-14-10(15)17-8-5-6(11)3-4-7(8)12/h3-5H,2,12H2,1H3,(H,13,16). The molecule has 0 radical (unpaired) electrons. The second-order valence-electron chi connectivity index (χ2n) is 3.34. The van der Waals surface area contributed by atoms with Crippen LogP contribution in [-0.2, 0) is 6.54 Å². The van der Waals surface area contributed by atoms with Crippen LogP contribution in [0.3, 0.4) is 0 Å². The van der Waals surface area contributed by atoms with Gasteiger partial charge in [0.15, 0.2) is 5.16 Å². The molecule has 0 aliphatic rings. The number of aromatic nitrogens is 3. The lowest BCUT2D eigenvalue weighted by Gasteiger charge is -2.05. The predicted molar refractivity (Wildman–Crippen MR) is 63.5 cm³/mol. The van der Waals surface area contributed by atoms with Gasteiger partial charge in [-0.05, 0) is 36.9 Å². The van der Waals surface area contributed by atoms with E-state index in [2.05, 4.69) is 10.2 Å². The molecule has 0 atom stereocenters. The van der Waals surface area contributed by atoms with E-state index in [1.54, 1.807) is 0 Å². The van der Waals surface area contributed by atoms with Gasteiger partial charge in [0.2, 0.25) is 0 Å². The van der Waals surface area contributed by atoms with Gasteiger partial charge in [-0.1, -0.05) is 0 Å². The SMILES string of the molecule is CCn1c(Sc2cc(F)ccc2N)n[nH]c1=O. The van der Waals surface area contributed by atoms with Crippen LogP contribution in [0.15, 0.2) is 33.0 Å². The normalized spacial score (nSPS) is 10.7. The highest BCUT2D eigenvalue weighted by atomic mass is 32.2. The molecule has 0 bridgehead atoms. The second-order valence-corrected chi connectivity index (χ2v) is 4.35. The molecule has 0 fully saturated rings. The molecule has 0 unspecified atom stereocenters. The summed E-state index contributed by atoms with van der Waals surface area (Å²) in [5, 5.41) is 6.67. The molecular formula is C10H11FN4OS. The minimum atomic E-state index is -0.373. The van der Waals surface area contributed by atoms with Crippen molar-refractivity contribution in [1.82, 2.24) is 14.8 Å². The fourth-order valence-electron chi connectivity index (χ4n) is 1.35. The zero-order valence-electron chi connectivity index (χ0n) is 9.11. The number of nitrogen functional groups attached to an aromatic ring is 1. The Morgan fingerprint density at radius 1 is 1.59 bits per heavy atom. The number of hydrogen-bond acceptors (Lipinski definition) is 4. The zero-order chi connectivity index (χ0) is 12.4. The second kappa shape index (κ2) is 4.62. The number of nitrogens with one attached hydrogen (secondary N) is 1. The number of aromatic amines is 1. The first-order valence-electron chi connectivity index (χ1n) is 5.00. The van der Waals surface area contributed by atoms with Crippen LogP contribution in [0.2, 0.25) is 0 Å². The Kier molecular flexibility index (Phi) is 3.19. The molecule has 2 aromatic rings. The summed E-state index contributed by atoms with van der Waals surface area (Å²) < 4.78 is 14.5. The van der Waals surface area contributed by atoms with E-state index in [9.17, 15) is 9.18 Å². The van der Waals surface area contributed by atoms with Crippen LogP contribution < -0.4 is 11.4 Å². The average Bonchev–Trinajstić information content (AvgIpc) is 2.64. The van der Waals surface area contributed by atoms with Crippen LogP contribution in [0.25, 0.3) is 0 Å². The first kappa shape index (κ1) is 11.7. The van der Waals surface area contributed by atoms with Gasteiger partial charge in [0, 0.05) is 17.1 Å². The Morgan fingerprint density at radius 3 is 3.06 bits per heavy atom. The van der Waals surface area contributed by atoms with Crippen molar-refractivity contribution in [1.29, 1.82) is 0 Å². The molecule has 0 aliphatic carbocycles. The van der Waals surface area contributed by atoms with Gasteiger partial charge < -0.3 is 5.73 Å². The van der Waals surface area contributed by atoms with E-state index in [1.807, 2.05) is 6.92 Å². The first-order chi connectivity index (χ1) is 8.11. The molecule has 0 amide bonds. The maximum atomic E-state index is 13.1. The zero-order valence-corrected chi connectivity index (χ0v) is 9.92. The molecule has 0 saturated heterocycles. The lowest BCUT2D eigenvalue weighted by atomic mass is 10.3. The molecule has 0 saturated carbocycles. The Labute approximate surface area is 101 Å². The lowest BCUT2D eigenvalue weighted by molar-refractivity contribution is 0.624. The predicted octanol–water partition coefficient (Wildman–Crippen LogP) is 1.46. The fourth-order valence-corrected chi connectivity index (χ4v) is 2.32. The van der Waals surface area contributed by atoms with Gasteiger partial charge in [0.25, 0.3) is 0 Å². The Balaban J connectivity index is 2.37. The number of hydrogen-bond donors (Lipinski definition) is 2. The van der Waals surface area contributed by atoms with E-state index in [-0.39, 0.29) is 11.5 Å². The minimum Gasteiger partial charge on any atom is -0.398 e.